The molecular weight excluding hydrogens is 452 g/mol. The summed E-state index contributed by atoms with van der Waals surface area (Å²) in [5.41, 5.74) is 0. The number of aliphatic hydroxyl groups is 2. The molecular formula is C27H50O8. The van der Waals surface area contributed by atoms with Gasteiger partial charge >= 0.3 is 17.9 Å². The Balaban J connectivity index is 4.02. The smallest absolute Gasteiger partial charge is 0.310 e. The van der Waals surface area contributed by atoms with Crippen LogP contribution in [0, 0.1) is 0 Å². The van der Waals surface area contributed by atoms with Gasteiger partial charge in [-0.25, -0.2) is 0 Å². The molecule has 0 radical (unpaired) electrons. The Morgan fingerprint density at radius 2 is 1.23 bits per heavy atom. The second kappa shape index (κ2) is 22.8. The Morgan fingerprint density at radius 3 is 1.71 bits per heavy atom. The van der Waals surface area contributed by atoms with Gasteiger partial charge in [0.2, 0.25) is 0 Å². The molecule has 0 amide bonds. The van der Waals surface area contributed by atoms with Gasteiger partial charge in [-0.3, -0.25) is 14.4 Å². The topological polar surface area (TPSA) is 119 Å². The highest BCUT2D eigenvalue weighted by molar-refractivity contribution is 5.71. The number of esters is 3. The highest BCUT2D eigenvalue weighted by Crippen LogP contribution is 2.17. The highest BCUT2D eigenvalue weighted by atomic mass is 16.6. The first-order valence-electron chi connectivity index (χ1n) is 13.6. The molecule has 0 saturated heterocycles. The average Bonchev–Trinajstić information content (AvgIpc) is 2.80. The second-order valence-corrected chi connectivity index (χ2v) is 9.44. The number of carbonyl (C=O) groups excluding carboxylic acids is 3. The summed E-state index contributed by atoms with van der Waals surface area (Å²) in [6, 6.07) is 0. The molecule has 0 aromatic rings. The normalized spacial score (nSPS) is 13.6. The van der Waals surface area contributed by atoms with Crippen molar-refractivity contribution in [1.29, 1.82) is 0 Å². The molecule has 0 bridgehead atoms. The van der Waals surface area contributed by atoms with E-state index in [0.29, 0.717) is 19.3 Å². The van der Waals surface area contributed by atoms with Gasteiger partial charge in [0, 0.05) is 13.8 Å². The van der Waals surface area contributed by atoms with Crippen LogP contribution in [-0.4, -0.2) is 59.6 Å². The Kier molecular flexibility index (Phi) is 21.7. The summed E-state index contributed by atoms with van der Waals surface area (Å²) in [6.07, 6.45) is 14.2. The van der Waals surface area contributed by atoms with Crippen molar-refractivity contribution >= 4 is 17.9 Å². The minimum absolute atomic E-state index is 0.193. The fourth-order valence-electron chi connectivity index (χ4n) is 3.94. The summed E-state index contributed by atoms with van der Waals surface area (Å²) >= 11 is 0. The summed E-state index contributed by atoms with van der Waals surface area (Å²) in [5.74, 6) is -1.73. The maximum atomic E-state index is 12.2. The zero-order valence-electron chi connectivity index (χ0n) is 22.3. The predicted octanol–water partition coefficient (Wildman–Crippen LogP) is 5.01. The third-order valence-corrected chi connectivity index (χ3v) is 5.91. The molecule has 2 N–H and O–H groups in total. The molecule has 0 heterocycles. The molecule has 0 aliphatic carbocycles. The van der Waals surface area contributed by atoms with Crippen molar-refractivity contribution < 1.29 is 38.8 Å². The number of rotatable bonds is 23. The SMILES string of the molecule is CCCCCCCCCCCCCCC(O)CCC(CC(=O)OC(CO)COC(C)=O)OC(C)=O. The van der Waals surface area contributed by atoms with Crippen LogP contribution in [0.15, 0.2) is 0 Å². The molecule has 0 aromatic heterocycles. The summed E-state index contributed by atoms with van der Waals surface area (Å²) in [4.78, 5) is 34.4. The maximum absolute atomic E-state index is 12.2. The van der Waals surface area contributed by atoms with Crippen LogP contribution in [0.4, 0.5) is 0 Å². The number of unbranched alkanes of at least 4 members (excludes halogenated alkanes) is 11. The molecule has 0 saturated carbocycles. The number of aliphatic hydroxyl groups excluding tert-OH is 2. The van der Waals surface area contributed by atoms with Gasteiger partial charge in [-0.05, 0) is 19.3 Å². The summed E-state index contributed by atoms with van der Waals surface area (Å²) in [6.45, 7) is 3.99. The van der Waals surface area contributed by atoms with Gasteiger partial charge in [-0.2, -0.15) is 0 Å². The molecule has 3 unspecified atom stereocenters. The van der Waals surface area contributed by atoms with E-state index in [4.69, 9.17) is 14.2 Å². The molecule has 0 aliphatic heterocycles. The van der Waals surface area contributed by atoms with Gasteiger partial charge in [-0.1, -0.05) is 84.0 Å². The Bertz CT molecular complexity index is 551. The first kappa shape index (κ1) is 33.3. The lowest BCUT2D eigenvalue weighted by Gasteiger charge is -2.20. The number of hydrogen-bond donors (Lipinski definition) is 2. The van der Waals surface area contributed by atoms with E-state index in [1.807, 2.05) is 0 Å². The van der Waals surface area contributed by atoms with Gasteiger partial charge in [0.1, 0.15) is 12.7 Å². The van der Waals surface area contributed by atoms with Crippen molar-refractivity contribution in [2.24, 2.45) is 0 Å². The Morgan fingerprint density at radius 1 is 0.686 bits per heavy atom. The zero-order chi connectivity index (χ0) is 26.3. The first-order chi connectivity index (χ1) is 16.8. The summed E-state index contributed by atoms with van der Waals surface area (Å²) in [7, 11) is 0. The van der Waals surface area contributed by atoms with Crippen molar-refractivity contribution in [1.82, 2.24) is 0 Å². The molecule has 35 heavy (non-hydrogen) atoms. The lowest BCUT2D eigenvalue weighted by atomic mass is 10.0. The van der Waals surface area contributed by atoms with E-state index in [1.54, 1.807) is 0 Å². The fourth-order valence-corrected chi connectivity index (χ4v) is 3.94. The van der Waals surface area contributed by atoms with E-state index in [2.05, 4.69) is 6.92 Å². The van der Waals surface area contributed by atoms with E-state index in [-0.39, 0.29) is 13.0 Å². The van der Waals surface area contributed by atoms with E-state index in [0.717, 1.165) is 12.8 Å². The second-order valence-electron chi connectivity index (χ2n) is 9.44. The van der Waals surface area contributed by atoms with Crippen LogP contribution in [0.3, 0.4) is 0 Å². The van der Waals surface area contributed by atoms with Crippen LogP contribution in [0.5, 0.6) is 0 Å². The molecule has 0 aliphatic rings. The number of carbonyl (C=O) groups is 3. The van der Waals surface area contributed by atoms with Gasteiger partial charge < -0.3 is 24.4 Å². The van der Waals surface area contributed by atoms with Crippen LogP contribution in [0.25, 0.3) is 0 Å². The van der Waals surface area contributed by atoms with Crippen molar-refractivity contribution in [2.75, 3.05) is 13.2 Å². The quantitative estimate of drug-likeness (QED) is 0.114. The number of hydrogen-bond acceptors (Lipinski definition) is 8. The molecule has 0 spiro atoms. The molecule has 206 valence electrons. The monoisotopic (exact) mass is 502 g/mol. The average molecular weight is 503 g/mol. The zero-order valence-corrected chi connectivity index (χ0v) is 22.3. The third-order valence-electron chi connectivity index (χ3n) is 5.91. The van der Waals surface area contributed by atoms with E-state index < -0.39 is 42.8 Å². The highest BCUT2D eigenvalue weighted by Gasteiger charge is 2.22. The predicted molar refractivity (Wildman–Crippen MR) is 135 cm³/mol. The van der Waals surface area contributed by atoms with Crippen molar-refractivity contribution in [3.63, 3.8) is 0 Å². The maximum Gasteiger partial charge on any atom is 0.310 e. The molecule has 3 atom stereocenters. The van der Waals surface area contributed by atoms with E-state index >= 15 is 0 Å². The Labute approximate surface area is 212 Å². The lowest BCUT2D eigenvalue weighted by Crippen LogP contribution is -2.30. The van der Waals surface area contributed by atoms with Crippen LogP contribution in [0.1, 0.15) is 124 Å². The largest absolute Gasteiger partial charge is 0.462 e. The van der Waals surface area contributed by atoms with Crippen molar-refractivity contribution in [3.8, 4) is 0 Å². The standard InChI is InChI=1S/C27H50O8/c1-4-5-6-7-8-9-10-11-12-13-14-15-16-24(31)17-18-25(34-23(3)30)19-27(32)35-26(20-28)21-33-22(2)29/h24-26,28,31H,4-21H2,1-3H3. The Hall–Kier alpha value is -1.67. The molecule has 0 fully saturated rings. The summed E-state index contributed by atoms with van der Waals surface area (Å²) in [5, 5.41) is 19.6. The van der Waals surface area contributed by atoms with Crippen LogP contribution in [0.2, 0.25) is 0 Å². The van der Waals surface area contributed by atoms with Crippen molar-refractivity contribution in [2.45, 2.75) is 142 Å². The van der Waals surface area contributed by atoms with E-state index in [1.165, 1.54) is 78.1 Å². The third kappa shape index (κ3) is 22.5. The van der Waals surface area contributed by atoms with Crippen molar-refractivity contribution in [3.05, 3.63) is 0 Å². The van der Waals surface area contributed by atoms with Gasteiger partial charge in [0.05, 0.1) is 19.1 Å². The molecule has 0 aromatic carbocycles. The first-order valence-corrected chi connectivity index (χ1v) is 13.6. The fraction of sp³-hybridized carbons (Fsp3) is 0.889. The van der Waals surface area contributed by atoms with Crippen LogP contribution >= 0.6 is 0 Å². The number of ether oxygens (including phenoxy) is 3. The molecule has 8 nitrogen and oxygen atoms in total. The summed E-state index contributed by atoms with van der Waals surface area (Å²) < 4.78 is 15.0. The van der Waals surface area contributed by atoms with E-state index in [9.17, 15) is 24.6 Å². The molecule has 8 heteroatoms. The van der Waals surface area contributed by atoms with Crippen LogP contribution < -0.4 is 0 Å². The minimum Gasteiger partial charge on any atom is -0.462 e. The van der Waals surface area contributed by atoms with Gasteiger partial charge in [-0.15, -0.1) is 0 Å². The van der Waals surface area contributed by atoms with Crippen LogP contribution in [-0.2, 0) is 28.6 Å². The lowest BCUT2D eigenvalue weighted by molar-refractivity contribution is -0.164. The van der Waals surface area contributed by atoms with Gasteiger partial charge in [0.15, 0.2) is 6.10 Å². The minimum atomic E-state index is -0.972. The van der Waals surface area contributed by atoms with Gasteiger partial charge in [0.25, 0.3) is 0 Å². The molecule has 0 rings (SSSR count).